The van der Waals surface area contributed by atoms with Gasteiger partial charge in [0.15, 0.2) is 5.11 Å². The third-order valence-corrected chi connectivity index (χ3v) is 2.97. The highest BCUT2D eigenvalue weighted by Gasteiger charge is 2.33. The van der Waals surface area contributed by atoms with Crippen LogP contribution in [0.4, 0.5) is 0 Å². The molecule has 1 rings (SSSR count). The van der Waals surface area contributed by atoms with Crippen molar-refractivity contribution in [2.24, 2.45) is 11.8 Å². The zero-order valence-electron chi connectivity index (χ0n) is 9.00. The standard InChI is InChI=1S/C10H20N2S/c1-7(2)11-10(13)12(4)6-9-5-8(9)3/h7-9H,5-6H2,1-4H3,(H,11,13). The van der Waals surface area contributed by atoms with Crippen molar-refractivity contribution >= 4 is 17.3 Å². The Morgan fingerprint density at radius 1 is 1.62 bits per heavy atom. The van der Waals surface area contributed by atoms with E-state index in [1.54, 1.807) is 0 Å². The molecule has 0 amide bonds. The molecule has 0 aromatic rings. The maximum absolute atomic E-state index is 5.25. The summed E-state index contributed by atoms with van der Waals surface area (Å²) >= 11 is 5.25. The molecule has 0 aliphatic heterocycles. The van der Waals surface area contributed by atoms with Crippen molar-refractivity contribution in [3.63, 3.8) is 0 Å². The highest BCUT2D eigenvalue weighted by Crippen LogP contribution is 2.37. The van der Waals surface area contributed by atoms with Gasteiger partial charge in [0.25, 0.3) is 0 Å². The lowest BCUT2D eigenvalue weighted by atomic mass is 10.3. The van der Waals surface area contributed by atoms with Crippen molar-refractivity contribution in [2.75, 3.05) is 13.6 Å². The monoisotopic (exact) mass is 200 g/mol. The second-order valence-electron chi connectivity index (χ2n) is 4.46. The van der Waals surface area contributed by atoms with Gasteiger partial charge in [-0.2, -0.15) is 0 Å². The van der Waals surface area contributed by atoms with Gasteiger partial charge in [0, 0.05) is 19.6 Å². The minimum Gasteiger partial charge on any atom is -0.360 e. The Morgan fingerprint density at radius 3 is 2.54 bits per heavy atom. The third kappa shape index (κ3) is 3.51. The second-order valence-corrected chi connectivity index (χ2v) is 4.84. The van der Waals surface area contributed by atoms with Crippen LogP contribution in [-0.2, 0) is 0 Å². The predicted octanol–water partition coefficient (Wildman–Crippen LogP) is 1.86. The van der Waals surface area contributed by atoms with E-state index >= 15 is 0 Å². The second kappa shape index (κ2) is 4.27. The molecule has 0 spiro atoms. The summed E-state index contributed by atoms with van der Waals surface area (Å²) in [5, 5.41) is 4.13. The van der Waals surface area contributed by atoms with E-state index in [2.05, 4.69) is 38.0 Å². The van der Waals surface area contributed by atoms with Crippen LogP contribution in [0.1, 0.15) is 27.2 Å². The van der Waals surface area contributed by atoms with Gasteiger partial charge in [-0.15, -0.1) is 0 Å². The lowest BCUT2D eigenvalue weighted by Gasteiger charge is -2.22. The van der Waals surface area contributed by atoms with Gasteiger partial charge < -0.3 is 10.2 Å². The number of hydrogen-bond acceptors (Lipinski definition) is 1. The first-order valence-electron chi connectivity index (χ1n) is 5.02. The Kier molecular flexibility index (Phi) is 3.54. The molecule has 1 fully saturated rings. The van der Waals surface area contributed by atoms with Crippen LogP contribution in [0, 0.1) is 11.8 Å². The lowest BCUT2D eigenvalue weighted by molar-refractivity contribution is 0.449. The Bertz CT molecular complexity index is 191. The first-order chi connectivity index (χ1) is 6.00. The fourth-order valence-corrected chi connectivity index (χ4v) is 1.76. The van der Waals surface area contributed by atoms with Crippen molar-refractivity contribution in [1.82, 2.24) is 10.2 Å². The summed E-state index contributed by atoms with van der Waals surface area (Å²) in [6, 6.07) is 0.437. The molecule has 0 bridgehead atoms. The number of rotatable bonds is 3. The first kappa shape index (κ1) is 10.8. The van der Waals surface area contributed by atoms with E-state index in [-0.39, 0.29) is 0 Å². The summed E-state index contributed by atoms with van der Waals surface area (Å²) < 4.78 is 0. The van der Waals surface area contributed by atoms with Gasteiger partial charge in [-0.05, 0) is 44.3 Å². The Hall–Kier alpha value is -0.310. The zero-order valence-corrected chi connectivity index (χ0v) is 9.82. The summed E-state index contributed by atoms with van der Waals surface area (Å²) in [4.78, 5) is 2.16. The largest absolute Gasteiger partial charge is 0.360 e. The van der Waals surface area contributed by atoms with Crippen LogP contribution in [-0.4, -0.2) is 29.6 Å². The van der Waals surface area contributed by atoms with Gasteiger partial charge in [-0.3, -0.25) is 0 Å². The molecule has 2 nitrogen and oxygen atoms in total. The van der Waals surface area contributed by atoms with Crippen LogP contribution in [0.5, 0.6) is 0 Å². The molecule has 2 atom stereocenters. The molecule has 0 heterocycles. The Morgan fingerprint density at radius 2 is 2.15 bits per heavy atom. The Labute approximate surface area is 86.7 Å². The average Bonchev–Trinajstić information content (AvgIpc) is 2.64. The van der Waals surface area contributed by atoms with Crippen LogP contribution in [0.25, 0.3) is 0 Å². The van der Waals surface area contributed by atoms with E-state index in [9.17, 15) is 0 Å². The van der Waals surface area contributed by atoms with E-state index < -0.39 is 0 Å². The van der Waals surface area contributed by atoms with Crippen molar-refractivity contribution < 1.29 is 0 Å². The van der Waals surface area contributed by atoms with Crippen molar-refractivity contribution in [3.05, 3.63) is 0 Å². The zero-order chi connectivity index (χ0) is 10.0. The van der Waals surface area contributed by atoms with Crippen molar-refractivity contribution in [2.45, 2.75) is 33.2 Å². The minimum absolute atomic E-state index is 0.437. The number of thiocarbonyl (C=S) groups is 1. The molecule has 0 aromatic carbocycles. The van der Waals surface area contributed by atoms with Crippen LogP contribution in [0.3, 0.4) is 0 Å². The first-order valence-corrected chi connectivity index (χ1v) is 5.43. The molecule has 2 unspecified atom stereocenters. The number of hydrogen-bond donors (Lipinski definition) is 1. The van der Waals surface area contributed by atoms with Crippen LogP contribution < -0.4 is 5.32 Å². The third-order valence-electron chi connectivity index (χ3n) is 2.54. The molecule has 13 heavy (non-hydrogen) atoms. The number of nitrogens with one attached hydrogen (secondary N) is 1. The molecule has 0 saturated heterocycles. The molecule has 1 aliphatic rings. The van der Waals surface area contributed by atoms with E-state index in [1.807, 2.05) is 0 Å². The molecular formula is C10H20N2S. The van der Waals surface area contributed by atoms with Crippen LogP contribution in [0.2, 0.25) is 0 Å². The molecule has 1 saturated carbocycles. The predicted molar refractivity (Wildman–Crippen MR) is 60.8 cm³/mol. The molecule has 0 aromatic heterocycles. The molecule has 76 valence electrons. The summed E-state index contributed by atoms with van der Waals surface area (Å²) in [5.74, 6) is 1.78. The van der Waals surface area contributed by atoms with E-state index in [1.165, 1.54) is 6.42 Å². The van der Waals surface area contributed by atoms with Gasteiger partial charge in [0.1, 0.15) is 0 Å². The molecular weight excluding hydrogens is 180 g/mol. The summed E-state index contributed by atoms with van der Waals surface area (Å²) in [5.41, 5.74) is 0. The molecule has 1 aliphatic carbocycles. The molecule has 0 radical (unpaired) electrons. The van der Waals surface area contributed by atoms with Gasteiger partial charge in [-0.1, -0.05) is 6.92 Å². The highest BCUT2D eigenvalue weighted by molar-refractivity contribution is 7.80. The van der Waals surface area contributed by atoms with E-state index in [0.717, 1.165) is 23.5 Å². The highest BCUT2D eigenvalue weighted by atomic mass is 32.1. The topological polar surface area (TPSA) is 15.3 Å². The summed E-state index contributed by atoms with van der Waals surface area (Å²) in [6.45, 7) is 7.64. The van der Waals surface area contributed by atoms with Gasteiger partial charge >= 0.3 is 0 Å². The fourth-order valence-electron chi connectivity index (χ4n) is 1.45. The maximum Gasteiger partial charge on any atom is 0.168 e. The minimum atomic E-state index is 0.437. The average molecular weight is 200 g/mol. The number of nitrogens with zero attached hydrogens (tertiary/aromatic N) is 1. The summed E-state index contributed by atoms with van der Waals surface area (Å²) in [6.07, 6.45) is 1.37. The van der Waals surface area contributed by atoms with E-state index in [0.29, 0.717) is 6.04 Å². The molecule has 1 N–H and O–H groups in total. The molecule has 3 heteroatoms. The van der Waals surface area contributed by atoms with Crippen molar-refractivity contribution in [1.29, 1.82) is 0 Å². The fraction of sp³-hybridized carbons (Fsp3) is 0.900. The normalized spacial score (nSPS) is 25.9. The van der Waals surface area contributed by atoms with Crippen LogP contribution in [0.15, 0.2) is 0 Å². The van der Waals surface area contributed by atoms with Crippen molar-refractivity contribution in [3.8, 4) is 0 Å². The smallest absolute Gasteiger partial charge is 0.168 e. The van der Waals surface area contributed by atoms with Gasteiger partial charge in [0.05, 0.1) is 0 Å². The Balaban J connectivity index is 2.22. The van der Waals surface area contributed by atoms with E-state index in [4.69, 9.17) is 12.2 Å². The van der Waals surface area contributed by atoms with Crippen LogP contribution >= 0.6 is 12.2 Å². The van der Waals surface area contributed by atoms with Gasteiger partial charge in [0.2, 0.25) is 0 Å². The maximum atomic E-state index is 5.25. The van der Waals surface area contributed by atoms with Gasteiger partial charge in [-0.25, -0.2) is 0 Å². The summed E-state index contributed by atoms with van der Waals surface area (Å²) in [7, 11) is 2.07. The SMILES string of the molecule is CC(C)NC(=S)N(C)CC1CC1C. The lowest BCUT2D eigenvalue weighted by Crippen LogP contribution is -2.41. The quantitative estimate of drug-likeness (QED) is 0.700.